The highest BCUT2D eigenvalue weighted by Gasteiger charge is 2.17. The van der Waals surface area contributed by atoms with Gasteiger partial charge in [0.15, 0.2) is 0 Å². The molecule has 0 fully saturated rings. The van der Waals surface area contributed by atoms with Crippen LogP contribution in [0.1, 0.15) is 38.8 Å². The maximum Gasteiger partial charge on any atom is 0.235 e. The van der Waals surface area contributed by atoms with Crippen molar-refractivity contribution in [3.63, 3.8) is 0 Å². The van der Waals surface area contributed by atoms with E-state index in [-0.39, 0.29) is 0 Å². The van der Waals surface area contributed by atoms with Crippen LogP contribution in [0.2, 0.25) is 0 Å². The van der Waals surface area contributed by atoms with E-state index in [1.165, 1.54) is 23.6 Å². The first-order valence-electron chi connectivity index (χ1n) is 16.6. The Balaban J connectivity index is 0.000000318. The van der Waals surface area contributed by atoms with Crippen LogP contribution in [-0.4, -0.2) is 77.8 Å². The summed E-state index contributed by atoms with van der Waals surface area (Å²) < 4.78 is 59.1. The van der Waals surface area contributed by atoms with E-state index in [0.29, 0.717) is 18.0 Å². The fraction of sp³-hybridized carbons (Fsp3) is 0.368. The molecule has 0 bridgehead atoms. The normalized spacial score (nSPS) is 11.5. The highest BCUT2D eigenvalue weighted by molar-refractivity contribution is 8.14. The zero-order valence-electron chi connectivity index (χ0n) is 32.1. The lowest BCUT2D eigenvalue weighted by Gasteiger charge is -2.17. The van der Waals surface area contributed by atoms with Gasteiger partial charge in [0.25, 0.3) is 0 Å². The number of halogens is 1. The van der Waals surface area contributed by atoms with E-state index in [2.05, 4.69) is 28.0 Å². The van der Waals surface area contributed by atoms with Gasteiger partial charge in [-0.15, -0.1) is 23.5 Å². The molecule has 0 aliphatic rings. The van der Waals surface area contributed by atoms with E-state index in [0.717, 1.165) is 40.6 Å². The van der Waals surface area contributed by atoms with Crippen LogP contribution in [0.25, 0.3) is 0 Å². The average molecular weight is 826 g/mol. The fourth-order valence-corrected chi connectivity index (χ4v) is 5.70. The van der Waals surface area contributed by atoms with Crippen molar-refractivity contribution in [3.8, 4) is 23.0 Å². The monoisotopic (exact) mass is 824 g/mol. The molecule has 53 heavy (non-hydrogen) atoms. The number of rotatable bonds is 14. The van der Waals surface area contributed by atoms with Crippen LogP contribution >= 0.6 is 34.2 Å². The van der Waals surface area contributed by atoms with Gasteiger partial charge in [0.2, 0.25) is 19.1 Å². The van der Waals surface area contributed by atoms with Gasteiger partial charge in [-0.3, -0.25) is 4.72 Å². The van der Waals surface area contributed by atoms with Gasteiger partial charge in [0.1, 0.15) is 23.0 Å². The molecule has 0 aliphatic heterocycles. The number of anilines is 2. The van der Waals surface area contributed by atoms with E-state index in [9.17, 15) is 16.8 Å². The number of hydrogen-bond donors (Lipinski definition) is 2. The van der Waals surface area contributed by atoms with Crippen LogP contribution in [-0.2, 0) is 32.2 Å². The molecule has 0 amide bonds. The molecule has 3 N–H and O–H groups in total. The molecule has 0 atom stereocenters. The van der Waals surface area contributed by atoms with Gasteiger partial charge < -0.3 is 25.0 Å². The summed E-state index contributed by atoms with van der Waals surface area (Å²) in [5, 5.41) is -0.958. The average Bonchev–Trinajstić information content (AvgIpc) is 3.07. The van der Waals surface area contributed by atoms with Gasteiger partial charge in [-0.05, 0) is 153 Å². The summed E-state index contributed by atoms with van der Waals surface area (Å²) in [5.41, 5.74) is 9.15. The van der Waals surface area contributed by atoms with Crippen LogP contribution in [0, 0.1) is 0 Å². The number of nitrogen functional groups attached to an aromatic ring is 1. The summed E-state index contributed by atoms with van der Waals surface area (Å²) in [5.74, 6) is 3.15. The minimum atomic E-state index is -3.38. The Morgan fingerprint density at radius 2 is 1.06 bits per heavy atom. The van der Waals surface area contributed by atoms with Crippen LogP contribution < -0.4 is 19.9 Å². The molecule has 4 aromatic rings. The van der Waals surface area contributed by atoms with Crippen LogP contribution in [0.15, 0.2) is 94.7 Å². The molecule has 4 aromatic carbocycles. The third-order valence-electron chi connectivity index (χ3n) is 7.14. The molecule has 10 nitrogen and oxygen atoms in total. The Hall–Kier alpha value is -3.11. The van der Waals surface area contributed by atoms with Gasteiger partial charge in [0.05, 0.1) is 10.5 Å². The molecular weight excluding hydrogens is 772 g/mol. The van der Waals surface area contributed by atoms with Gasteiger partial charge in [-0.25, -0.2) is 16.8 Å². The van der Waals surface area contributed by atoms with Crippen molar-refractivity contribution in [1.29, 1.82) is 0 Å². The predicted octanol–water partition coefficient (Wildman–Crippen LogP) is 9.22. The van der Waals surface area contributed by atoms with Crippen molar-refractivity contribution in [2.75, 3.05) is 51.2 Å². The number of hydrogen-bond acceptors (Lipinski definition) is 11. The molecule has 0 radical (unpaired) electrons. The first kappa shape index (κ1) is 46.0. The van der Waals surface area contributed by atoms with E-state index < -0.39 is 29.6 Å². The van der Waals surface area contributed by atoms with Crippen molar-refractivity contribution in [1.82, 2.24) is 9.80 Å². The minimum absolute atomic E-state index is 0.464. The Morgan fingerprint density at radius 1 is 0.660 bits per heavy atom. The SMILES string of the molecule is CC(C)S(=O)(=O)Cl.CSc1ccc(Oc2ccc(N)cc2CN(C)C)cc1.CSc1ccc(Oc2ccc(NS(=O)(=O)C(C)C)cc2CN(C)C)cc1. The lowest BCUT2D eigenvalue weighted by atomic mass is 10.1. The van der Waals surface area contributed by atoms with Gasteiger partial charge in [-0.1, -0.05) is 0 Å². The number of nitrogens with two attached hydrogens (primary N) is 1. The Kier molecular flexibility index (Phi) is 18.8. The maximum absolute atomic E-state index is 12.1. The second-order valence-corrected chi connectivity index (χ2v) is 20.1. The molecule has 0 heterocycles. The zero-order valence-corrected chi connectivity index (χ0v) is 36.1. The van der Waals surface area contributed by atoms with Crippen molar-refractivity contribution < 1.29 is 26.3 Å². The summed E-state index contributed by atoms with van der Waals surface area (Å²) >= 11 is 3.40. The number of ether oxygens (including phenoxy) is 2. The van der Waals surface area contributed by atoms with E-state index >= 15 is 0 Å². The summed E-state index contributed by atoms with van der Waals surface area (Å²) in [7, 11) is 6.17. The number of nitrogens with zero attached hydrogens (tertiary/aromatic N) is 2. The molecule has 0 spiro atoms. The van der Waals surface area contributed by atoms with Crippen molar-refractivity contribution in [2.45, 2.75) is 61.1 Å². The summed E-state index contributed by atoms with van der Waals surface area (Å²) in [4.78, 5) is 6.51. The van der Waals surface area contributed by atoms with Crippen LogP contribution in [0.5, 0.6) is 23.0 Å². The second kappa shape index (κ2) is 21.7. The van der Waals surface area contributed by atoms with E-state index in [4.69, 9.17) is 25.9 Å². The van der Waals surface area contributed by atoms with Crippen molar-refractivity contribution in [3.05, 3.63) is 96.1 Å². The second-order valence-electron chi connectivity index (χ2n) is 12.9. The van der Waals surface area contributed by atoms with E-state index in [1.807, 2.05) is 100 Å². The molecular formula is C38H53ClN4O6S4. The molecule has 292 valence electrons. The predicted molar refractivity (Wildman–Crippen MR) is 226 cm³/mol. The third kappa shape index (κ3) is 16.8. The first-order chi connectivity index (χ1) is 24.7. The molecule has 0 unspecified atom stereocenters. The number of sulfonamides is 1. The number of benzene rings is 4. The first-order valence-corrected chi connectivity index (χ1v) is 23.0. The Bertz CT molecular complexity index is 1940. The lowest BCUT2D eigenvalue weighted by Crippen LogP contribution is -2.22. The van der Waals surface area contributed by atoms with Crippen LogP contribution in [0.3, 0.4) is 0 Å². The Morgan fingerprint density at radius 3 is 1.42 bits per heavy atom. The highest BCUT2D eigenvalue weighted by atomic mass is 35.7. The largest absolute Gasteiger partial charge is 0.457 e. The van der Waals surface area contributed by atoms with Crippen molar-refractivity contribution in [2.24, 2.45) is 0 Å². The van der Waals surface area contributed by atoms with E-state index in [1.54, 1.807) is 49.5 Å². The highest BCUT2D eigenvalue weighted by Crippen LogP contribution is 2.31. The quantitative estimate of drug-likeness (QED) is 0.0717. The topological polar surface area (TPSA) is 131 Å². The van der Waals surface area contributed by atoms with Gasteiger partial charge in [0, 0.05) is 56.1 Å². The summed E-state index contributed by atoms with van der Waals surface area (Å²) in [6, 6.07) is 27.1. The Labute approximate surface area is 330 Å². The third-order valence-corrected chi connectivity index (χ3v) is 12.6. The molecule has 4 rings (SSSR count). The number of nitrogens with one attached hydrogen (secondary N) is 1. The smallest absolute Gasteiger partial charge is 0.235 e. The maximum atomic E-state index is 12.1. The molecule has 0 aliphatic carbocycles. The summed E-state index contributed by atoms with van der Waals surface area (Å²) in [6.07, 6.45) is 4.09. The lowest BCUT2D eigenvalue weighted by molar-refractivity contribution is 0.388. The van der Waals surface area contributed by atoms with Crippen LogP contribution in [0.4, 0.5) is 11.4 Å². The number of thioether (sulfide) groups is 2. The molecule has 0 saturated heterocycles. The zero-order chi connectivity index (χ0) is 39.9. The molecule has 0 saturated carbocycles. The van der Waals surface area contributed by atoms with Crippen molar-refractivity contribution >= 4 is 64.7 Å². The minimum Gasteiger partial charge on any atom is -0.457 e. The van der Waals surface area contributed by atoms with Gasteiger partial charge in [-0.2, -0.15) is 0 Å². The molecule has 0 aromatic heterocycles. The summed E-state index contributed by atoms with van der Waals surface area (Å²) in [6.45, 7) is 7.79. The fourth-order valence-electron chi connectivity index (χ4n) is 4.19. The van der Waals surface area contributed by atoms with Gasteiger partial charge >= 0.3 is 0 Å². The molecule has 15 heteroatoms. The standard InChI is InChI=1S/C19H26N2O3S2.C16H20N2OS.C3H7ClO2S/c1-14(2)26(22,23)20-16-6-11-19(15(12-16)13-21(3)4)24-17-7-9-18(25-5)10-8-17;1-18(2)11-12-10-13(17)4-9-16(12)19-14-5-7-15(20-3)8-6-14;1-3(2)7(4,5)6/h6-12,14,20H,13H2,1-5H3;4-10H,11,17H2,1-3H3;3H,1-2H3.